The largest absolute Gasteiger partial charge is 0.417 e. The number of carbonyl (C=O) groups excluding carboxylic acids is 1. The molecule has 0 bridgehead atoms. The molecular weight excluding hydrogens is 385 g/mol. The molecule has 1 aliphatic carbocycles. The van der Waals surface area contributed by atoms with E-state index in [0.717, 1.165) is 24.6 Å². The molecule has 1 fully saturated rings. The van der Waals surface area contributed by atoms with Crippen LogP contribution in [0.4, 0.5) is 18.9 Å². The van der Waals surface area contributed by atoms with Crippen molar-refractivity contribution in [2.24, 2.45) is 0 Å². The number of fused-ring (bicyclic) bond motifs is 1. The molecule has 29 heavy (non-hydrogen) atoms. The van der Waals surface area contributed by atoms with Gasteiger partial charge in [-0.3, -0.25) is 9.48 Å². The molecule has 0 spiro atoms. The van der Waals surface area contributed by atoms with Crippen LogP contribution in [0.3, 0.4) is 0 Å². The van der Waals surface area contributed by atoms with Gasteiger partial charge in [-0.2, -0.15) is 23.4 Å². The zero-order chi connectivity index (χ0) is 20.9. The summed E-state index contributed by atoms with van der Waals surface area (Å²) in [5.74, 6) is -0.360. The molecular formula is C19H21F3N6O. The Morgan fingerprint density at radius 1 is 1.28 bits per heavy atom. The minimum Gasteiger partial charge on any atom is -0.322 e. The van der Waals surface area contributed by atoms with E-state index in [1.54, 1.807) is 10.9 Å². The maximum Gasteiger partial charge on any atom is 0.417 e. The summed E-state index contributed by atoms with van der Waals surface area (Å²) >= 11 is 0. The third-order valence-electron chi connectivity index (χ3n) is 5.17. The number of hydrogen-bond acceptors (Lipinski definition) is 4. The van der Waals surface area contributed by atoms with Crippen LogP contribution in [0.5, 0.6) is 0 Å². The van der Waals surface area contributed by atoms with E-state index in [1.807, 2.05) is 13.8 Å². The van der Waals surface area contributed by atoms with Crippen LogP contribution >= 0.6 is 0 Å². The lowest BCUT2D eigenvalue weighted by atomic mass is 10.1. The van der Waals surface area contributed by atoms with Crippen LogP contribution in [-0.2, 0) is 24.1 Å². The smallest absolute Gasteiger partial charge is 0.322 e. The Bertz CT molecular complexity index is 1090. The van der Waals surface area contributed by atoms with E-state index in [4.69, 9.17) is 0 Å². The van der Waals surface area contributed by atoms with Gasteiger partial charge < -0.3 is 5.32 Å². The number of rotatable bonds is 5. The SMILES string of the molecule is CCn1ncc(NC(=O)Cn2nc(C)c3c(C(F)(F)F)cc(C4CC4)nc32)c1C. The third kappa shape index (κ3) is 3.58. The molecule has 1 amide bonds. The zero-order valence-electron chi connectivity index (χ0n) is 16.3. The number of aryl methyl sites for hydroxylation is 2. The second kappa shape index (κ2) is 6.85. The molecule has 1 aliphatic rings. The van der Waals surface area contributed by atoms with Crippen LogP contribution in [0.25, 0.3) is 11.0 Å². The van der Waals surface area contributed by atoms with Crippen LogP contribution in [0.2, 0.25) is 0 Å². The lowest BCUT2D eigenvalue weighted by Crippen LogP contribution is -2.20. The predicted octanol–water partition coefficient (Wildman–Crippen LogP) is 3.80. The Morgan fingerprint density at radius 2 is 2.00 bits per heavy atom. The average Bonchev–Trinajstić information content (AvgIpc) is 3.38. The molecule has 0 aliphatic heterocycles. The van der Waals surface area contributed by atoms with Crippen molar-refractivity contribution in [3.05, 3.63) is 34.9 Å². The second-order valence-corrected chi connectivity index (χ2v) is 7.32. The molecule has 0 radical (unpaired) electrons. The molecule has 1 saturated carbocycles. The number of hydrogen-bond donors (Lipinski definition) is 1. The van der Waals surface area contributed by atoms with E-state index in [0.29, 0.717) is 17.9 Å². The predicted molar refractivity (Wildman–Crippen MR) is 101 cm³/mol. The fourth-order valence-electron chi connectivity index (χ4n) is 3.51. The van der Waals surface area contributed by atoms with Gasteiger partial charge in [0, 0.05) is 18.2 Å². The summed E-state index contributed by atoms with van der Waals surface area (Å²) in [7, 11) is 0. The number of aromatic nitrogens is 5. The summed E-state index contributed by atoms with van der Waals surface area (Å²) in [5, 5.41) is 11.0. The number of halogens is 3. The van der Waals surface area contributed by atoms with E-state index >= 15 is 0 Å². The van der Waals surface area contributed by atoms with E-state index in [2.05, 4.69) is 20.5 Å². The highest BCUT2D eigenvalue weighted by molar-refractivity contribution is 5.92. The van der Waals surface area contributed by atoms with Crippen molar-refractivity contribution in [3.63, 3.8) is 0 Å². The van der Waals surface area contributed by atoms with Gasteiger partial charge in [0.05, 0.1) is 34.2 Å². The molecule has 4 rings (SSSR count). The van der Waals surface area contributed by atoms with Gasteiger partial charge in [0.25, 0.3) is 0 Å². The normalized spacial score (nSPS) is 14.6. The molecule has 0 atom stereocenters. The van der Waals surface area contributed by atoms with Crippen LogP contribution in [0, 0.1) is 13.8 Å². The molecule has 154 valence electrons. The van der Waals surface area contributed by atoms with Crippen LogP contribution in [-0.4, -0.2) is 30.5 Å². The fraction of sp³-hybridized carbons (Fsp3) is 0.474. The van der Waals surface area contributed by atoms with Gasteiger partial charge in [-0.1, -0.05) is 0 Å². The maximum atomic E-state index is 13.6. The average molecular weight is 406 g/mol. The quantitative estimate of drug-likeness (QED) is 0.699. The monoisotopic (exact) mass is 406 g/mol. The topological polar surface area (TPSA) is 77.6 Å². The Kier molecular flexibility index (Phi) is 4.59. The van der Waals surface area contributed by atoms with Crippen molar-refractivity contribution in [2.75, 3.05) is 5.32 Å². The molecule has 1 N–H and O–H groups in total. The first-order valence-electron chi connectivity index (χ1n) is 9.46. The van der Waals surface area contributed by atoms with Gasteiger partial charge in [-0.05, 0) is 39.7 Å². The van der Waals surface area contributed by atoms with Crippen molar-refractivity contribution >= 4 is 22.6 Å². The lowest BCUT2D eigenvalue weighted by molar-refractivity contribution is -0.136. The van der Waals surface area contributed by atoms with Crippen molar-refractivity contribution in [1.29, 1.82) is 0 Å². The fourth-order valence-corrected chi connectivity index (χ4v) is 3.51. The van der Waals surface area contributed by atoms with Crippen molar-refractivity contribution in [2.45, 2.75) is 58.8 Å². The Balaban J connectivity index is 1.69. The Morgan fingerprint density at radius 3 is 2.59 bits per heavy atom. The second-order valence-electron chi connectivity index (χ2n) is 7.32. The van der Waals surface area contributed by atoms with E-state index < -0.39 is 17.6 Å². The molecule has 3 aromatic rings. The van der Waals surface area contributed by atoms with Gasteiger partial charge in [-0.15, -0.1) is 0 Å². The number of nitrogens with one attached hydrogen (secondary N) is 1. The number of nitrogens with zero attached hydrogens (tertiary/aromatic N) is 5. The van der Waals surface area contributed by atoms with Crippen LogP contribution < -0.4 is 5.32 Å². The number of anilines is 1. The maximum absolute atomic E-state index is 13.6. The third-order valence-corrected chi connectivity index (χ3v) is 5.17. The number of alkyl halides is 3. The van der Waals surface area contributed by atoms with E-state index in [1.165, 1.54) is 11.6 Å². The van der Waals surface area contributed by atoms with Crippen molar-refractivity contribution in [3.8, 4) is 0 Å². The minimum atomic E-state index is -4.52. The number of amides is 1. The van der Waals surface area contributed by atoms with Gasteiger partial charge in [0.15, 0.2) is 5.65 Å². The summed E-state index contributed by atoms with van der Waals surface area (Å²) in [6.45, 7) is 5.70. The highest BCUT2D eigenvalue weighted by atomic mass is 19.4. The molecule has 7 nitrogen and oxygen atoms in total. The summed E-state index contributed by atoms with van der Waals surface area (Å²) in [6.07, 6.45) is -1.32. The molecule has 10 heteroatoms. The highest BCUT2D eigenvalue weighted by Gasteiger charge is 2.37. The summed E-state index contributed by atoms with van der Waals surface area (Å²) in [4.78, 5) is 17.0. The molecule has 3 aromatic heterocycles. The van der Waals surface area contributed by atoms with Gasteiger partial charge in [0.2, 0.25) is 5.91 Å². The number of carbonyl (C=O) groups is 1. The minimum absolute atomic E-state index is 0.0421. The van der Waals surface area contributed by atoms with Crippen molar-refractivity contribution in [1.82, 2.24) is 24.5 Å². The Labute approximate surface area is 164 Å². The zero-order valence-corrected chi connectivity index (χ0v) is 16.3. The van der Waals surface area contributed by atoms with E-state index in [-0.39, 0.29) is 29.2 Å². The highest BCUT2D eigenvalue weighted by Crippen LogP contribution is 2.43. The number of pyridine rings is 1. The summed E-state index contributed by atoms with van der Waals surface area (Å²) in [6, 6.07) is 1.13. The van der Waals surface area contributed by atoms with Gasteiger partial charge >= 0.3 is 6.18 Å². The van der Waals surface area contributed by atoms with Crippen molar-refractivity contribution < 1.29 is 18.0 Å². The van der Waals surface area contributed by atoms with Crippen LogP contribution in [0.1, 0.15) is 48.3 Å². The van der Waals surface area contributed by atoms with Crippen LogP contribution in [0.15, 0.2) is 12.3 Å². The summed E-state index contributed by atoms with van der Waals surface area (Å²) < 4.78 is 43.9. The Hall–Kier alpha value is -2.91. The summed E-state index contributed by atoms with van der Waals surface area (Å²) in [5.41, 5.74) is 1.32. The molecule has 3 heterocycles. The molecule has 0 saturated heterocycles. The molecule has 0 aromatic carbocycles. The molecule has 0 unspecified atom stereocenters. The van der Waals surface area contributed by atoms with E-state index in [9.17, 15) is 18.0 Å². The first kappa shape index (κ1) is 19.4. The first-order chi connectivity index (χ1) is 13.7. The standard InChI is InChI=1S/C19H21F3N6O/c1-4-27-11(3)15(8-23-27)24-16(29)9-28-18-17(10(2)26-28)13(19(20,21)22)7-14(25-18)12-5-6-12/h7-8,12H,4-6,9H2,1-3H3,(H,24,29). The van der Waals surface area contributed by atoms with Gasteiger partial charge in [0.1, 0.15) is 6.54 Å². The first-order valence-corrected chi connectivity index (χ1v) is 9.46. The lowest BCUT2D eigenvalue weighted by Gasteiger charge is -2.11. The van der Waals surface area contributed by atoms with Gasteiger partial charge in [-0.25, -0.2) is 9.67 Å².